The highest BCUT2D eigenvalue weighted by molar-refractivity contribution is 5.37. The highest BCUT2D eigenvalue weighted by atomic mass is 19.1. The van der Waals surface area contributed by atoms with Crippen LogP contribution in [0.15, 0.2) is 24.4 Å². The summed E-state index contributed by atoms with van der Waals surface area (Å²) in [5, 5.41) is 7.58. The van der Waals surface area contributed by atoms with Gasteiger partial charge in [-0.05, 0) is 44.2 Å². The van der Waals surface area contributed by atoms with Crippen LogP contribution >= 0.6 is 0 Å². The Morgan fingerprint density at radius 2 is 2.00 bits per heavy atom. The number of hydrogen-bond donors (Lipinski definition) is 1. The number of nitrogens with zero attached hydrogens (tertiary/aromatic N) is 2. The topological polar surface area (TPSA) is 29.9 Å². The molecule has 1 heterocycles. The maximum atomic E-state index is 13.4. The third-order valence-electron chi connectivity index (χ3n) is 3.20. The molecule has 0 aliphatic carbocycles. The zero-order chi connectivity index (χ0) is 13.3. The van der Waals surface area contributed by atoms with Gasteiger partial charge in [-0.25, -0.2) is 4.39 Å². The zero-order valence-corrected chi connectivity index (χ0v) is 11.2. The predicted molar refractivity (Wildman–Crippen MR) is 70.0 cm³/mol. The van der Waals surface area contributed by atoms with Crippen LogP contribution in [-0.4, -0.2) is 16.8 Å². The first-order valence-electron chi connectivity index (χ1n) is 5.96. The molecule has 1 aromatic heterocycles. The minimum Gasteiger partial charge on any atom is -0.309 e. The number of hydrogen-bond acceptors (Lipinski definition) is 2. The van der Waals surface area contributed by atoms with Crippen molar-refractivity contribution >= 4 is 0 Å². The molecule has 0 saturated carbocycles. The summed E-state index contributed by atoms with van der Waals surface area (Å²) in [7, 11) is 3.77. The minimum absolute atomic E-state index is 0.0330. The van der Waals surface area contributed by atoms with Gasteiger partial charge in [0.05, 0.1) is 11.7 Å². The zero-order valence-electron chi connectivity index (χ0n) is 11.2. The molecule has 0 spiro atoms. The number of nitrogens with one attached hydrogen (secondary N) is 1. The second kappa shape index (κ2) is 4.90. The summed E-state index contributed by atoms with van der Waals surface area (Å²) in [5.41, 5.74) is 4.06. The van der Waals surface area contributed by atoms with Crippen molar-refractivity contribution in [2.24, 2.45) is 7.05 Å². The van der Waals surface area contributed by atoms with Crippen LogP contribution in [0.25, 0.3) is 0 Å². The summed E-state index contributed by atoms with van der Waals surface area (Å²) in [5.74, 6) is -0.211. The lowest BCUT2D eigenvalue weighted by molar-refractivity contribution is 0.614. The summed E-state index contributed by atoms with van der Waals surface area (Å²) < 4.78 is 15.2. The van der Waals surface area contributed by atoms with Crippen molar-refractivity contribution in [2.45, 2.75) is 19.9 Å². The van der Waals surface area contributed by atoms with Gasteiger partial charge in [-0.3, -0.25) is 4.68 Å². The van der Waals surface area contributed by atoms with Crippen LogP contribution in [-0.2, 0) is 7.05 Å². The Balaban J connectivity index is 2.51. The number of halogens is 1. The number of aromatic nitrogens is 2. The molecule has 0 aliphatic rings. The van der Waals surface area contributed by atoms with E-state index in [1.807, 2.05) is 34.1 Å². The smallest absolute Gasteiger partial charge is 0.123 e. The molecule has 0 fully saturated rings. The summed E-state index contributed by atoms with van der Waals surface area (Å²) in [6.07, 6.45) is 1.97. The molecule has 2 aromatic rings. The van der Waals surface area contributed by atoms with Gasteiger partial charge in [-0.1, -0.05) is 6.07 Å². The standard InChI is InChI=1S/C14H18FN3/c1-9-5-6-11(15)7-12(9)14(16-3)13-8-18(4)17-10(13)2/h5-8,14,16H,1-4H3. The first-order valence-corrected chi connectivity index (χ1v) is 5.96. The number of benzene rings is 1. The van der Waals surface area contributed by atoms with Gasteiger partial charge in [0.1, 0.15) is 5.82 Å². The summed E-state index contributed by atoms with van der Waals surface area (Å²) in [6.45, 7) is 3.96. The Morgan fingerprint density at radius 1 is 1.28 bits per heavy atom. The van der Waals surface area contributed by atoms with E-state index in [1.165, 1.54) is 6.07 Å². The molecule has 2 rings (SSSR count). The molecule has 4 heteroatoms. The second-order valence-corrected chi connectivity index (χ2v) is 4.57. The van der Waals surface area contributed by atoms with E-state index < -0.39 is 0 Å². The van der Waals surface area contributed by atoms with Gasteiger partial charge in [0.2, 0.25) is 0 Å². The molecule has 0 amide bonds. The fourth-order valence-corrected chi connectivity index (χ4v) is 2.30. The van der Waals surface area contributed by atoms with Crippen LogP contribution in [0.2, 0.25) is 0 Å². The van der Waals surface area contributed by atoms with Crippen LogP contribution in [0.1, 0.15) is 28.4 Å². The van der Waals surface area contributed by atoms with Crippen LogP contribution in [0.5, 0.6) is 0 Å². The minimum atomic E-state index is -0.211. The van der Waals surface area contributed by atoms with Crippen molar-refractivity contribution in [1.29, 1.82) is 0 Å². The van der Waals surface area contributed by atoms with Crippen LogP contribution in [0, 0.1) is 19.7 Å². The fourth-order valence-electron chi connectivity index (χ4n) is 2.30. The van der Waals surface area contributed by atoms with Gasteiger partial charge in [-0.15, -0.1) is 0 Å². The van der Waals surface area contributed by atoms with Gasteiger partial charge in [-0.2, -0.15) is 5.10 Å². The molecule has 1 unspecified atom stereocenters. The molecule has 18 heavy (non-hydrogen) atoms. The van der Waals surface area contributed by atoms with Gasteiger partial charge >= 0.3 is 0 Å². The maximum Gasteiger partial charge on any atom is 0.123 e. The average molecular weight is 247 g/mol. The monoisotopic (exact) mass is 247 g/mol. The van der Waals surface area contributed by atoms with Gasteiger partial charge in [0, 0.05) is 18.8 Å². The summed E-state index contributed by atoms with van der Waals surface area (Å²) >= 11 is 0. The van der Waals surface area contributed by atoms with Crippen molar-refractivity contribution in [1.82, 2.24) is 15.1 Å². The Kier molecular flexibility index (Phi) is 3.48. The van der Waals surface area contributed by atoms with Crippen molar-refractivity contribution in [2.75, 3.05) is 7.05 Å². The lowest BCUT2D eigenvalue weighted by Gasteiger charge is -2.18. The lowest BCUT2D eigenvalue weighted by Crippen LogP contribution is -2.19. The maximum absolute atomic E-state index is 13.4. The molecule has 1 aromatic carbocycles. The first kappa shape index (κ1) is 12.8. The normalized spacial score (nSPS) is 12.7. The molecule has 0 bridgehead atoms. The number of aryl methyl sites for hydroxylation is 3. The lowest BCUT2D eigenvalue weighted by atomic mass is 9.95. The Labute approximate surface area is 107 Å². The van der Waals surface area contributed by atoms with E-state index in [0.717, 1.165) is 22.4 Å². The van der Waals surface area contributed by atoms with E-state index >= 15 is 0 Å². The largest absolute Gasteiger partial charge is 0.309 e. The van der Waals surface area contributed by atoms with Gasteiger partial charge in [0.25, 0.3) is 0 Å². The van der Waals surface area contributed by atoms with E-state index in [-0.39, 0.29) is 11.9 Å². The molecular formula is C14H18FN3. The highest BCUT2D eigenvalue weighted by Crippen LogP contribution is 2.26. The quantitative estimate of drug-likeness (QED) is 0.903. The molecule has 1 N–H and O–H groups in total. The first-order chi connectivity index (χ1) is 8.52. The molecule has 3 nitrogen and oxygen atoms in total. The Morgan fingerprint density at radius 3 is 2.56 bits per heavy atom. The average Bonchev–Trinajstić information content (AvgIpc) is 2.64. The van der Waals surface area contributed by atoms with E-state index in [1.54, 1.807) is 16.8 Å². The molecule has 0 aliphatic heterocycles. The summed E-state index contributed by atoms with van der Waals surface area (Å²) in [6, 6.07) is 4.85. The number of rotatable bonds is 3. The molecule has 0 saturated heterocycles. The van der Waals surface area contributed by atoms with Crippen LogP contribution in [0.4, 0.5) is 4.39 Å². The fraction of sp³-hybridized carbons (Fsp3) is 0.357. The Hall–Kier alpha value is -1.68. The van der Waals surface area contributed by atoms with Gasteiger partial charge in [0.15, 0.2) is 0 Å². The molecule has 1 atom stereocenters. The molecular weight excluding hydrogens is 229 g/mol. The SMILES string of the molecule is CNC(c1cc(F)ccc1C)c1cn(C)nc1C. The third kappa shape index (κ3) is 2.29. The third-order valence-corrected chi connectivity index (χ3v) is 3.20. The van der Waals surface area contributed by atoms with Crippen molar-refractivity contribution in [3.63, 3.8) is 0 Å². The Bertz CT molecular complexity index is 560. The molecule has 0 radical (unpaired) electrons. The van der Waals surface area contributed by atoms with Crippen molar-refractivity contribution < 1.29 is 4.39 Å². The second-order valence-electron chi connectivity index (χ2n) is 4.57. The van der Waals surface area contributed by atoms with Crippen molar-refractivity contribution in [3.05, 3.63) is 52.6 Å². The van der Waals surface area contributed by atoms with E-state index in [2.05, 4.69) is 10.4 Å². The van der Waals surface area contributed by atoms with Gasteiger partial charge < -0.3 is 5.32 Å². The van der Waals surface area contributed by atoms with E-state index in [9.17, 15) is 4.39 Å². The van der Waals surface area contributed by atoms with Crippen LogP contribution < -0.4 is 5.32 Å². The highest BCUT2D eigenvalue weighted by Gasteiger charge is 2.19. The summed E-state index contributed by atoms with van der Waals surface area (Å²) in [4.78, 5) is 0. The van der Waals surface area contributed by atoms with Crippen LogP contribution in [0.3, 0.4) is 0 Å². The van der Waals surface area contributed by atoms with Crippen molar-refractivity contribution in [3.8, 4) is 0 Å². The predicted octanol–water partition coefficient (Wildman–Crippen LogP) is 2.48. The van der Waals surface area contributed by atoms with E-state index in [4.69, 9.17) is 0 Å². The molecule has 96 valence electrons. The van der Waals surface area contributed by atoms with E-state index in [0.29, 0.717) is 0 Å².